The van der Waals surface area contributed by atoms with Gasteiger partial charge in [0.2, 0.25) is 0 Å². The molecule has 0 aromatic heterocycles. The van der Waals surface area contributed by atoms with Crippen LogP contribution in [0, 0.1) is 0 Å². The number of nitrogens with two attached hydrogens (primary N) is 1. The van der Waals surface area contributed by atoms with Crippen LogP contribution in [0.5, 0.6) is 0 Å². The predicted molar refractivity (Wildman–Crippen MR) is 59.7 cm³/mol. The maximum Gasteiger partial charge on any atom is 0.0811 e. The van der Waals surface area contributed by atoms with Crippen LogP contribution in [0.4, 0.5) is 0 Å². The monoisotopic (exact) mass is 199 g/mol. The number of rotatable bonds is 3. The topological polar surface area (TPSA) is 46.2 Å². The SMILES string of the molecule is CC.NC(Cc1ccccc1)SO. The van der Waals surface area contributed by atoms with Gasteiger partial charge in [-0.25, -0.2) is 0 Å². The Morgan fingerprint density at radius 1 is 1.31 bits per heavy atom. The minimum Gasteiger partial charge on any atom is -0.329 e. The second kappa shape index (κ2) is 8.10. The summed E-state index contributed by atoms with van der Waals surface area (Å²) in [6.45, 7) is 4.00. The molecule has 0 saturated carbocycles. The summed E-state index contributed by atoms with van der Waals surface area (Å²) in [5.74, 6) is 0. The first-order chi connectivity index (χ1) is 6.33. The van der Waals surface area contributed by atoms with E-state index in [1.807, 2.05) is 44.2 Å². The van der Waals surface area contributed by atoms with Gasteiger partial charge in [-0.2, -0.15) is 0 Å². The maximum absolute atomic E-state index is 8.59. The van der Waals surface area contributed by atoms with Crippen LogP contribution in [-0.4, -0.2) is 9.93 Å². The van der Waals surface area contributed by atoms with E-state index in [1.165, 1.54) is 0 Å². The van der Waals surface area contributed by atoms with E-state index >= 15 is 0 Å². The van der Waals surface area contributed by atoms with Gasteiger partial charge in [-0.15, -0.1) is 0 Å². The minimum atomic E-state index is -0.211. The van der Waals surface area contributed by atoms with Gasteiger partial charge < -0.3 is 10.3 Å². The highest BCUT2D eigenvalue weighted by atomic mass is 32.2. The zero-order chi connectivity index (χ0) is 10.1. The lowest BCUT2D eigenvalue weighted by atomic mass is 10.2. The van der Waals surface area contributed by atoms with Crippen molar-refractivity contribution in [3.63, 3.8) is 0 Å². The van der Waals surface area contributed by atoms with Gasteiger partial charge in [-0.05, 0) is 12.0 Å². The van der Waals surface area contributed by atoms with Crippen molar-refractivity contribution in [3.05, 3.63) is 35.9 Å². The highest BCUT2D eigenvalue weighted by Crippen LogP contribution is 2.07. The van der Waals surface area contributed by atoms with E-state index in [-0.39, 0.29) is 5.37 Å². The fraction of sp³-hybridized carbons (Fsp3) is 0.400. The largest absolute Gasteiger partial charge is 0.329 e. The van der Waals surface area contributed by atoms with Gasteiger partial charge in [0.25, 0.3) is 0 Å². The summed E-state index contributed by atoms with van der Waals surface area (Å²) >= 11 is 0.697. The van der Waals surface area contributed by atoms with E-state index in [1.54, 1.807) is 0 Å². The molecule has 0 amide bonds. The van der Waals surface area contributed by atoms with Crippen LogP contribution in [0.25, 0.3) is 0 Å². The lowest BCUT2D eigenvalue weighted by Crippen LogP contribution is -2.17. The molecular formula is C10H17NOS. The molecule has 0 bridgehead atoms. The van der Waals surface area contributed by atoms with Crippen LogP contribution in [0.1, 0.15) is 19.4 Å². The second-order valence-electron chi connectivity index (χ2n) is 2.33. The molecule has 0 spiro atoms. The summed E-state index contributed by atoms with van der Waals surface area (Å²) in [4.78, 5) is 0. The summed E-state index contributed by atoms with van der Waals surface area (Å²) < 4.78 is 8.59. The van der Waals surface area contributed by atoms with Gasteiger partial charge in [0.1, 0.15) is 0 Å². The molecule has 1 atom stereocenters. The molecule has 0 heterocycles. The highest BCUT2D eigenvalue weighted by Gasteiger charge is 2.01. The van der Waals surface area contributed by atoms with Crippen LogP contribution in [-0.2, 0) is 6.42 Å². The second-order valence-corrected chi connectivity index (χ2v) is 3.15. The molecule has 0 aliphatic rings. The fourth-order valence-corrected chi connectivity index (χ4v) is 1.15. The Hall–Kier alpha value is -0.510. The van der Waals surface area contributed by atoms with Gasteiger partial charge >= 0.3 is 0 Å². The van der Waals surface area contributed by atoms with Gasteiger partial charge in [0, 0.05) is 12.0 Å². The van der Waals surface area contributed by atoms with Gasteiger partial charge in [0.05, 0.1) is 5.37 Å². The Kier molecular flexibility index (Phi) is 7.79. The molecule has 0 aliphatic heterocycles. The average Bonchev–Trinajstić information content (AvgIpc) is 2.22. The van der Waals surface area contributed by atoms with Gasteiger partial charge in [-0.3, -0.25) is 0 Å². The molecule has 0 aliphatic carbocycles. The van der Waals surface area contributed by atoms with E-state index < -0.39 is 0 Å². The molecule has 1 unspecified atom stereocenters. The standard InChI is InChI=1S/C8H11NOS.C2H6/c9-8(11-10)6-7-4-2-1-3-5-7;1-2/h1-5,8,10H,6,9H2;1-2H3. The van der Waals surface area contributed by atoms with E-state index in [4.69, 9.17) is 10.3 Å². The highest BCUT2D eigenvalue weighted by molar-refractivity contribution is 7.94. The predicted octanol–water partition coefficient (Wildman–Crippen LogP) is 2.75. The normalized spacial score (nSPS) is 11.4. The fourth-order valence-electron chi connectivity index (χ4n) is 0.884. The number of benzene rings is 1. The molecule has 0 fully saturated rings. The van der Waals surface area contributed by atoms with Crippen LogP contribution in [0.2, 0.25) is 0 Å². The Labute approximate surface area is 84.4 Å². The number of hydrogen-bond donors (Lipinski definition) is 2. The van der Waals surface area contributed by atoms with Crippen molar-refractivity contribution in [2.24, 2.45) is 5.73 Å². The Bertz CT molecular complexity index is 203. The minimum absolute atomic E-state index is 0.211. The van der Waals surface area contributed by atoms with Crippen molar-refractivity contribution in [1.29, 1.82) is 0 Å². The van der Waals surface area contributed by atoms with E-state index in [0.29, 0.717) is 18.5 Å². The van der Waals surface area contributed by atoms with Crippen molar-refractivity contribution < 1.29 is 4.55 Å². The van der Waals surface area contributed by atoms with E-state index in [2.05, 4.69) is 0 Å². The van der Waals surface area contributed by atoms with Gasteiger partial charge in [-0.1, -0.05) is 44.2 Å². The maximum atomic E-state index is 8.59. The third-order valence-corrected chi connectivity index (χ3v) is 1.85. The molecule has 3 N–H and O–H groups in total. The average molecular weight is 199 g/mol. The van der Waals surface area contributed by atoms with Crippen LogP contribution >= 0.6 is 12.0 Å². The molecule has 0 radical (unpaired) electrons. The molecule has 1 aromatic carbocycles. The zero-order valence-electron chi connectivity index (χ0n) is 8.10. The van der Waals surface area contributed by atoms with Crippen molar-refractivity contribution in [2.75, 3.05) is 0 Å². The number of hydrogen-bond acceptors (Lipinski definition) is 3. The van der Waals surface area contributed by atoms with Crippen LogP contribution in [0.3, 0.4) is 0 Å². The summed E-state index contributed by atoms with van der Waals surface area (Å²) in [5.41, 5.74) is 6.67. The molecule has 74 valence electrons. The summed E-state index contributed by atoms with van der Waals surface area (Å²) in [6.07, 6.45) is 0.710. The van der Waals surface area contributed by atoms with Crippen molar-refractivity contribution in [3.8, 4) is 0 Å². The van der Waals surface area contributed by atoms with Crippen molar-refractivity contribution in [1.82, 2.24) is 0 Å². The Morgan fingerprint density at radius 3 is 2.31 bits per heavy atom. The summed E-state index contributed by atoms with van der Waals surface area (Å²) in [6, 6.07) is 9.88. The molecule has 13 heavy (non-hydrogen) atoms. The van der Waals surface area contributed by atoms with Crippen LogP contribution in [0.15, 0.2) is 30.3 Å². The first-order valence-corrected chi connectivity index (χ1v) is 5.26. The summed E-state index contributed by atoms with van der Waals surface area (Å²) in [7, 11) is 0. The third kappa shape index (κ3) is 5.69. The van der Waals surface area contributed by atoms with Crippen molar-refractivity contribution >= 4 is 12.0 Å². The molecular weight excluding hydrogens is 182 g/mol. The Morgan fingerprint density at radius 2 is 1.85 bits per heavy atom. The lowest BCUT2D eigenvalue weighted by molar-refractivity contribution is 0.646. The third-order valence-electron chi connectivity index (χ3n) is 1.42. The smallest absolute Gasteiger partial charge is 0.0811 e. The molecule has 2 nitrogen and oxygen atoms in total. The molecule has 1 aromatic rings. The first-order valence-electron chi connectivity index (χ1n) is 4.42. The zero-order valence-corrected chi connectivity index (χ0v) is 8.92. The van der Waals surface area contributed by atoms with E-state index in [9.17, 15) is 0 Å². The quantitative estimate of drug-likeness (QED) is 0.581. The molecule has 1 rings (SSSR count). The Balaban J connectivity index is 0.000000671. The first kappa shape index (κ1) is 12.5. The van der Waals surface area contributed by atoms with Crippen LogP contribution < -0.4 is 5.73 Å². The van der Waals surface area contributed by atoms with Gasteiger partial charge in [0.15, 0.2) is 0 Å². The van der Waals surface area contributed by atoms with E-state index in [0.717, 1.165) is 5.56 Å². The summed E-state index contributed by atoms with van der Waals surface area (Å²) in [5, 5.41) is -0.211. The van der Waals surface area contributed by atoms with Crippen molar-refractivity contribution in [2.45, 2.75) is 25.6 Å². The lowest BCUT2D eigenvalue weighted by Gasteiger charge is -2.05. The molecule has 0 saturated heterocycles. The molecule has 3 heteroatoms.